The molecule has 0 bridgehead atoms. The third kappa shape index (κ3) is 4.21. The van der Waals surface area contributed by atoms with Gasteiger partial charge in [-0.2, -0.15) is 0 Å². The Bertz CT molecular complexity index is 293. The SMILES string of the molecule is CCCN(C(=O)C(C)CC1CCCC1)C1CCNCC1. The number of rotatable bonds is 6. The summed E-state index contributed by atoms with van der Waals surface area (Å²) in [6.45, 7) is 7.41. The number of carbonyl (C=O) groups is 1. The largest absolute Gasteiger partial charge is 0.339 e. The molecule has 0 aromatic rings. The van der Waals surface area contributed by atoms with E-state index in [-0.39, 0.29) is 5.92 Å². The molecule has 3 nitrogen and oxygen atoms in total. The van der Waals surface area contributed by atoms with E-state index in [1.165, 1.54) is 25.7 Å². The van der Waals surface area contributed by atoms with Crippen molar-refractivity contribution in [3.63, 3.8) is 0 Å². The highest BCUT2D eigenvalue weighted by molar-refractivity contribution is 5.78. The van der Waals surface area contributed by atoms with Crippen LogP contribution in [0.3, 0.4) is 0 Å². The molecule has 1 amide bonds. The van der Waals surface area contributed by atoms with Crippen molar-refractivity contribution < 1.29 is 4.79 Å². The first-order chi connectivity index (χ1) is 9.72. The highest BCUT2D eigenvalue weighted by Gasteiger charge is 2.29. The standard InChI is InChI=1S/C17H32N2O/c1-3-12-19(16-8-10-18-11-9-16)17(20)14(2)13-15-6-4-5-7-15/h14-16,18H,3-13H2,1-2H3. The second-order valence-electron chi connectivity index (χ2n) is 6.80. The molecule has 0 spiro atoms. The number of carbonyl (C=O) groups excluding carboxylic acids is 1. The van der Waals surface area contributed by atoms with Crippen LogP contribution in [-0.2, 0) is 4.79 Å². The van der Waals surface area contributed by atoms with E-state index in [2.05, 4.69) is 24.1 Å². The van der Waals surface area contributed by atoms with Gasteiger partial charge in [-0.05, 0) is 44.7 Å². The van der Waals surface area contributed by atoms with E-state index in [0.717, 1.165) is 51.2 Å². The maximum Gasteiger partial charge on any atom is 0.225 e. The lowest BCUT2D eigenvalue weighted by atomic mass is 9.92. The summed E-state index contributed by atoms with van der Waals surface area (Å²) in [5.41, 5.74) is 0. The fraction of sp³-hybridized carbons (Fsp3) is 0.941. The molecule has 1 atom stereocenters. The van der Waals surface area contributed by atoms with Gasteiger partial charge in [0.15, 0.2) is 0 Å². The summed E-state index contributed by atoms with van der Waals surface area (Å²) in [7, 11) is 0. The van der Waals surface area contributed by atoms with Gasteiger partial charge in [0.2, 0.25) is 5.91 Å². The second kappa shape index (κ2) is 8.02. The van der Waals surface area contributed by atoms with Crippen molar-refractivity contribution in [2.75, 3.05) is 19.6 Å². The van der Waals surface area contributed by atoms with E-state index in [1.54, 1.807) is 0 Å². The summed E-state index contributed by atoms with van der Waals surface area (Å²) < 4.78 is 0. The summed E-state index contributed by atoms with van der Waals surface area (Å²) in [5.74, 6) is 1.45. The lowest BCUT2D eigenvalue weighted by Gasteiger charge is -2.36. The van der Waals surface area contributed by atoms with Gasteiger partial charge in [0.1, 0.15) is 0 Å². The number of amides is 1. The summed E-state index contributed by atoms with van der Waals surface area (Å²) in [5, 5.41) is 3.40. The summed E-state index contributed by atoms with van der Waals surface area (Å²) in [6, 6.07) is 0.481. The maximum absolute atomic E-state index is 12.8. The van der Waals surface area contributed by atoms with Crippen LogP contribution in [0.1, 0.15) is 65.2 Å². The Hall–Kier alpha value is -0.570. The van der Waals surface area contributed by atoms with Crippen LogP contribution in [0.25, 0.3) is 0 Å². The third-order valence-electron chi connectivity index (χ3n) is 5.08. The van der Waals surface area contributed by atoms with Gasteiger partial charge in [0.05, 0.1) is 0 Å². The Kier molecular flexibility index (Phi) is 6.34. The zero-order valence-electron chi connectivity index (χ0n) is 13.4. The Morgan fingerprint density at radius 3 is 2.45 bits per heavy atom. The first-order valence-electron chi connectivity index (χ1n) is 8.73. The minimum Gasteiger partial charge on any atom is -0.339 e. The maximum atomic E-state index is 12.8. The van der Waals surface area contributed by atoms with E-state index in [4.69, 9.17) is 0 Å². The lowest BCUT2D eigenvalue weighted by Crippen LogP contribution is -2.48. The predicted molar refractivity (Wildman–Crippen MR) is 83.6 cm³/mol. The molecule has 1 unspecified atom stereocenters. The molecule has 2 aliphatic rings. The summed E-state index contributed by atoms with van der Waals surface area (Å²) >= 11 is 0. The van der Waals surface area contributed by atoms with E-state index in [1.807, 2.05) is 0 Å². The van der Waals surface area contributed by atoms with Gasteiger partial charge in [0.25, 0.3) is 0 Å². The number of nitrogens with one attached hydrogen (secondary N) is 1. The van der Waals surface area contributed by atoms with Crippen molar-refractivity contribution in [3.8, 4) is 0 Å². The molecule has 1 saturated heterocycles. The van der Waals surface area contributed by atoms with Crippen LogP contribution >= 0.6 is 0 Å². The quantitative estimate of drug-likeness (QED) is 0.810. The zero-order valence-corrected chi connectivity index (χ0v) is 13.4. The van der Waals surface area contributed by atoms with Crippen LogP contribution < -0.4 is 5.32 Å². The third-order valence-corrected chi connectivity index (χ3v) is 5.08. The Balaban J connectivity index is 1.90. The topological polar surface area (TPSA) is 32.3 Å². The predicted octanol–water partition coefficient (Wildman–Crippen LogP) is 3.19. The smallest absolute Gasteiger partial charge is 0.225 e. The molecule has 0 radical (unpaired) electrons. The number of hydrogen-bond acceptors (Lipinski definition) is 2. The first kappa shape index (κ1) is 15.8. The molecule has 2 rings (SSSR count). The molecule has 2 fully saturated rings. The van der Waals surface area contributed by atoms with Crippen LogP contribution in [0.15, 0.2) is 0 Å². The van der Waals surface area contributed by atoms with Crippen molar-refractivity contribution in [3.05, 3.63) is 0 Å². The summed E-state index contributed by atoms with van der Waals surface area (Å²) in [6.07, 6.45) is 9.88. The van der Waals surface area contributed by atoms with Crippen molar-refractivity contribution >= 4 is 5.91 Å². The van der Waals surface area contributed by atoms with Gasteiger partial charge in [-0.3, -0.25) is 4.79 Å². The molecule has 1 aliphatic heterocycles. The second-order valence-corrected chi connectivity index (χ2v) is 6.80. The van der Waals surface area contributed by atoms with E-state index in [9.17, 15) is 4.79 Å². The van der Waals surface area contributed by atoms with Gasteiger partial charge in [-0.25, -0.2) is 0 Å². The van der Waals surface area contributed by atoms with Crippen LogP contribution in [0, 0.1) is 11.8 Å². The van der Waals surface area contributed by atoms with Gasteiger partial charge >= 0.3 is 0 Å². The number of hydrogen-bond donors (Lipinski definition) is 1. The van der Waals surface area contributed by atoms with E-state index >= 15 is 0 Å². The highest BCUT2D eigenvalue weighted by Crippen LogP contribution is 2.31. The van der Waals surface area contributed by atoms with E-state index < -0.39 is 0 Å². The van der Waals surface area contributed by atoms with E-state index in [0.29, 0.717) is 11.9 Å². The Morgan fingerprint density at radius 1 is 1.20 bits per heavy atom. The molecular weight excluding hydrogens is 248 g/mol. The Morgan fingerprint density at radius 2 is 1.85 bits per heavy atom. The van der Waals surface area contributed by atoms with Crippen molar-refractivity contribution in [1.82, 2.24) is 10.2 Å². The minimum atomic E-state index is 0.222. The molecule has 0 aromatic heterocycles. The lowest BCUT2D eigenvalue weighted by molar-refractivity contribution is -0.138. The Labute approximate surface area is 124 Å². The van der Waals surface area contributed by atoms with Crippen LogP contribution in [0.4, 0.5) is 0 Å². The summed E-state index contributed by atoms with van der Waals surface area (Å²) in [4.78, 5) is 15.0. The molecule has 1 heterocycles. The van der Waals surface area contributed by atoms with Gasteiger partial charge in [-0.15, -0.1) is 0 Å². The molecule has 1 saturated carbocycles. The normalized spacial score (nSPS) is 22.9. The average Bonchev–Trinajstić information content (AvgIpc) is 2.98. The zero-order chi connectivity index (χ0) is 14.4. The minimum absolute atomic E-state index is 0.222. The molecule has 0 aromatic carbocycles. The molecule has 116 valence electrons. The van der Waals surface area contributed by atoms with Crippen LogP contribution in [-0.4, -0.2) is 36.5 Å². The van der Waals surface area contributed by atoms with Gasteiger partial charge in [-0.1, -0.05) is 39.5 Å². The number of piperidine rings is 1. The molecule has 1 N–H and O–H groups in total. The van der Waals surface area contributed by atoms with Gasteiger partial charge < -0.3 is 10.2 Å². The fourth-order valence-electron chi connectivity index (χ4n) is 3.96. The van der Waals surface area contributed by atoms with Crippen molar-refractivity contribution in [2.45, 2.75) is 71.3 Å². The number of nitrogens with zero attached hydrogens (tertiary/aromatic N) is 1. The van der Waals surface area contributed by atoms with Gasteiger partial charge in [0, 0.05) is 18.5 Å². The molecule has 20 heavy (non-hydrogen) atoms. The van der Waals surface area contributed by atoms with Crippen molar-refractivity contribution in [1.29, 1.82) is 0 Å². The molecule has 1 aliphatic carbocycles. The van der Waals surface area contributed by atoms with Crippen molar-refractivity contribution in [2.24, 2.45) is 11.8 Å². The van der Waals surface area contributed by atoms with Crippen LogP contribution in [0.5, 0.6) is 0 Å². The first-order valence-corrected chi connectivity index (χ1v) is 8.73. The fourth-order valence-corrected chi connectivity index (χ4v) is 3.96. The monoisotopic (exact) mass is 280 g/mol. The van der Waals surface area contributed by atoms with Crippen LogP contribution in [0.2, 0.25) is 0 Å². The average molecular weight is 280 g/mol. The highest BCUT2D eigenvalue weighted by atomic mass is 16.2. The molecule has 3 heteroatoms. The molecular formula is C17H32N2O.